The van der Waals surface area contributed by atoms with Gasteiger partial charge in [0, 0.05) is 12.6 Å². The highest BCUT2D eigenvalue weighted by Crippen LogP contribution is 2.12. The minimum absolute atomic E-state index is 0.185. The third-order valence-electron chi connectivity index (χ3n) is 3.43. The van der Waals surface area contributed by atoms with Crippen molar-refractivity contribution in [2.45, 2.75) is 19.9 Å². The van der Waals surface area contributed by atoms with E-state index in [9.17, 15) is 14.4 Å². The normalized spacial score (nSPS) is 11.3. The maximum atomic E-state index is 12.0. The van der Waals surface area contributed by atoms with Gasteiger partial charge in [0.05, 0.1) is 11.6 Å². The van der Waals surface area contributed by atoms with Gasteiger partial charge < -0.3 is 15.4 Å². The lowest BCUT2D eigenvalue weighted by atomic mass is 10.1. The third-order valence-corrected chi connectivity index (χ3v) is 3.43. The average Bonchev–Trinajstić information content (AvgIpc) is 2.60. The Morgan fingerprint density at radius 2 is 1.76 bits per heavy atom. The van der Waals surface area contributed by atoms with Gasteiger partial charge in [-0.3, -0.25) is 9.59 Å². The van der Waals surface area contributed by atoms with Crippen molar-refractivity contribution >= 4 is 23.5 Å². The first-order valence-electron chi connectivity index (χ1n) is 7.85. The molecule has 0 fully saturated rings. The molecule has 6 nitrogen and oxygen atoms in total. The van der Waals surface area contributed by atoms with E-state index in [0.29, 0.717) is 5.69 Å². The number of amides is 2. The predicted molar refractivity (Wildman–Crippen MR) is 94.0 cm³/mol. The van der Waals surface area contributed by atoms with Crippen LogP contribution in [-0.2, 0) is 14.3 Å². The van der Waals surface area contributed by atoms with Crippen LogP contribution in [-0.4, -0.2) is 24.4 Å². The van der Waals surface area contributed by atoms with Gasteiger partial charge in [-0.15, -0.1) is 0 Å². The largest absolute Gasteiger partial charge is 0.452 e. The van der Waals surface area contributed by atoms with Gasteiger partial charge in [0.2, 0.25) is 5.91 Å². The molecule has 2 N–H and O–H groups in total. The smallest absolute Gasteiger partial charge is 0.338 e. The second-order valence-electron chi connectivity index (χ2n) is 5.54. The molecule has 0 bridgehead atoms. The lowest BCUT2D eigenvalue weighted by molar-refractivity contribution is -0.124. The molecule has 2 aromatic rings. The number of rotatable bonds is 6. The topological polar surface area (TPSA) is 84.5 Å². The molecule has 0 aliphatic rings. The summed E-state index contributed by atoms with van der Waals surface area (Å²) in [6, 6.07) is 15.6. The van der Waals surface area contributed by atoms with Gasteiger partial charge in [-0.1, -0.05) is 36.4 Å². The number of ether oxygens (including phenoxy) is 1. The maximum Gasteiger partial charge on any atom is 0.338 e. The summed E-state index contributed by atoms with van der Waals surface area (Å²) >= 11 is 0. The molecule has 0 aliphatic carbocycles. The second kappa shape index (κ2) is 8.63. The number of benzene rings is 2. The Morgan fingerprint density at radius 3 is 2.44 bits per heavy atom. The molecule has 0 saturated carbocycles. The van der Waals surface area contributed by atoms with Crippen LogP contribution in [0, 0.1) is 0 Å². The van der Waals surface area contributed by atoms with E-state index in [0.717, 1.165) is 5.56 Å². The highest BCUT2D eigenvalue weighted by atomic mass is 16.5. The standard InChI is InChI=1S/C19H20N2O4/c1-13(15-7-4-3-5-8-15)20-18(23)12-25-19(24)16-9-6-10-17(11-16)21-14(2)22/h3-11,13H,12H2,1-2H3,(H,20,23)(H,21,22). The molecule has 0 spiro atoms. The van der Waals surface area contributed by atoms with Crippen LogP contribution >= 0.6 is 0 Å². The van der Waals surface area contributed by atoms with Gasteiger partial charge in [-0.2, -0.15) is 0 Å². The van der Waals surface area contributed by atoms with E-state index in [1.54, 1.807) is 18.2 Å². The lowest BCUT2D eigenvalue weighted by Crippen LogP contribution is -2.31. The number of esters is 1. The van der Waals surface area contributed by atoms with E-state index in [1.807, 2.05) is 37.3 Å². The minimum Gasteiger partial charge on any atom is -0.452 e. The molecule has 6 heteroatoms. The van der Waals surface area contributed by atoms with Crippen LogP contribution < -0.4 is 10.6 Å². The van der Waals surface area contributed by atoms with Gasteiger partial charge in [0.25, 0.3) is 5.91 Å². The Balaban J connectivity index is 1.87. The third kappa shape index (κ3) is 5.76. The molecule has 2 amide bonds. The van der Waals surface area contributed by atoms with Gasteiger partial charge in [-0.05, 0) is 30.7 Å². The van der Waals surface area contributed by atoms with Crippen molar-refractivity contribution in [2.75, 3.05) is 11.9 Å². The van der Waals surface area contributed by atoms with Crippen molar-refractivity contribution in [1.82, 2.24) is 5.32 Å². The van der Waals surface area contributed by atoms with E-state index in [-0.39, 0.29) is 30.0 Å². The minimum atomic E-state index is -0.630. The van der Waals surface area contributed by atoms with E-state index >= 15 is 0 Å². The fraction of sp³-hybridized carbons (Fsp3) is 0.211. The molecule has 0 saturated heterocycles. The predicted octanol–water partition coefficient (Wildman–Crippen LogP) is 2.68. The van der Waals surface area contributed by atoms with E-state index in [2.05, 4.69) is 10.6 Å². The number of hydrogen-bond acceptors (Lipinski definition) is 4. The molecule has 25 heavy (non-hydrogen) atoms. The molecule has 2 aromatic carbocycles. The van der Waals surface area contributed by atoms with Crippen LogP contribution in [0.5, 0.6) is 0 Å². The zero-order valence-electron chi connectivity index (χ0n) is 14.1. The first-order chi connectivity index (χ1) is 12.0. The van der Waals surface area contributed by atoms with Crippen LogP contribution in [0.4, 0.5) is 5.69 Å². The fourth-order valence-corrected chi connectivity index (χ4v) is 2.25. The van der Waals surface area contributed by atoms with Crippen LogP contribution in [0.15, 0.2) is 54.6 Å². The molecule has 0 aliphatic heterocycles. The SMILES string of the molecule is CC(=O)Nc1cccc(C(=O)OCC(=O)NC(C)c2ccccc2)c1. The molecule has 2 rings (SSSR count). The Kier molecular flexibility index (Phi) is 6.28. The van der Waals surface area contributed by atoms with Crippen LogP contribution in [0.1, 0.15) is 35.8 Å². The van der Waals surface area contributed by atoms with Crippen molar-refractivity contribution in [3.63, 3.8) is 0 Å². The van der Waals surface area contributed by atoms with Gasteiger partial charge in [0.1, 0.15) is 0 Å². The van der Waals surface area contributed by atoms with Gasteiger partial charge >= 0.3 is 5.97 Å². The summed E-state index contributed by atoms with van der Waals surface area (Å²) < 4.78 is 5.02. The number of carbonyl (C=O) groups excluding carboxylic acids is 3. The molecule has 0 aromatic heterocycles. The van der Waals surface area contributed by atoms with Crippen LogP contribution in [0.2, 0.25) is 0 Å². The fourth-order valence-electron chi connectivity index (χ4n) is 2.25. The van der Waals surface area contributed by atoms with Crippen molar-refractivity contribution in [1.29, 1.82) is 0 Å². The van der Waals surface area contributed by atoms with Crippen LogP contribution in [0.25, 0.3) is 0 Å². The molecule has 1 atom stereocenters. The molecular weight excluding hydrogens is 320 g/mol. The number of nitrogens with one attached hydrogen (secondary N) is 2. The summed E-state index contributed by atoms with van der Waals surface area (Å²) in [6.07, 6.45) is 0. The highest BCUT2D eigenvalue weighted by molar-refractivity contribution is 5.94. The van der Waals surface area contributed by atoms with Crippen LogP contribution in [0.3, 0.4) is 0 Å². The summed E-state index contributed by atoms with van der Waals surface area (Å²) in [5.74, 6) is -1.25. The lowest BCUT2D eigenvalue weighted by Gasteiger charge is -2.14. The summed E-state index contributed by atoms with van der Waals surface area (Å²) in [5, 5.41) is 5.35. The van der Waals surface area contributed by atoms with Crippen molar-refractivity contribution < 1.29 is 19.1 Å². The summed E-state index contributed by atoms with van der Waals surface area (Å²) in [6.45, 7) is 2.86. The Morgan fingerprint density at radius 1 is 1.04 bits per heavy atom. The van der Waals surface area contributed by atoms with Crippen molar-refractivity contribution in [2.24, 2.45) is 0 Å². The zero-order valence-corrected chi connectivity index (χ0v) is 14.1. The number of hydrogen-bond donors (Lipinski definition) is 2. The maximum absolute atomic E-state index is 12.0. The molecule has 130 valence electrons. The Bertz CT molecular complexity index is 759. The van der Waals surface area contributed by atoms with Crippen molar-refractivity contribution in [3.05, 3.63) is 65.7 Å². The first kappa shape index (κ1) is 18.2. The summed E-state index contributed by atoms with van der Waals surface area (Å²) in [4.78, 5) is 35.0. The molecule has 0 heterocycles. The molecule has 0 radical (unpaired) electrons. The highest BCUT2D eigenvalue weighted by Gasteiger charge is 2.13. The zero-order chi connectivity index (χ0) is 18.2. The second-order valence-corrected chi connectivity index (χ2v) is 5.54. The summed E-state index contributed by atoms with van der Waals surface area (Å²) in [5.41, 5.74) is 1.71. The van der Waals surface area contributed by atoms with Gasteiger partial charge in [-0.25, -0.2) is 4.79 Å². The average molecular weight is 340 g/mol. The Hall–Kier alpha value is -3.15. The summed E-state index contributed by atoms with van der Waals surface area (Å²) in [7, 11) is 0. The Labute approximate surface area is 146 Å². The van der Waals surface area contributed by atoms with E-state index in [4.69, 9.17) is 4.74 Å². The van der Waals surface area contributed by atoms with Gasteiger partial charge in [0.15, 0.2) is 6.61 Å². The number of anilines is 1. The monoisotopic (exact) mass is 340 g/mol. The number of carbonyl (C=O) groups is 3. The quantitative estimate of drug-likeness (QED) is 0.792. The van der Waals surface area contributed by atoms with E-state index in [1.165, 1.54) is 13.0 Å². The molecule has 1 unspecified atom stereocenters. The first-order valence-corrected chi connectivity index (χ1v) is 7.85. The van der Waals surface area contributed by atoms with E-state index < -0.39 is 5.97 Å². The molecular formula is C19H20N2O4. The van der Waals surface area contributed by atoms with Crippen molar-refractivity contribution in [3.8, 4) is 0 Å².